The van der Waals surface area contributed by atoms with E-state index in [4.69, 9.17) is 4.74 Å². The highest BCUT2D eigenvalue weighted by Crippen LogP contribution is 2.76. The number of fused-ring (bicyclic) bond motifs is 7. The van der Waals surface area contributed by atoms with Crippen LogP contribution in [0.3, 0.4) is 0 Å². The normalized spacial score (nSPS) is 42.3. The molecular weight excluding hydrogens is 673 g/mol. The first-order valence-electron chi connectivity index (χ1n) is 20.8. The van der Waals surface area contributed by atoms with Crippen LogP contribution in [-0.4, -0.2) is 79.7 Å². The molecule has 6 rings (SSSR count). The lowest BCUT2D eigenvalue weighted by molar-refractivity contribution is -0.247. The van der Waals surface area contributed by atoms with E-state index in [0.717, 1.165) is 58.3 Å². The second-order valence-corrected chi connectivity index (χ2v) is 23.2. The maximum Gasteiger partial charge on any atom is 0.312 e. The molecule has 9 heteroatoms. The summed E-state index contributed by atoms with van der Waals surface area (Å²) in [6.45, 7) is 26.5. The second kappa shape index (κ2) is 13.6. The van der Waals surface area contributed by atoms with E-state index in [1.54, 1.807) is 13.8 Å². The number of hydrogen-bond donors (Lipinski definition) is 2. The SMILES string of the molecule is C=C(C)[C@@H]1CC[C@]2(NCCN3CCC(S(C)(=O)=O)CC3)CC[C@]3(C)C(CC[C@@H]4[C@@]5(C)CC[C@H](OC(=O)C(C)(C)CC(=O)O)C(C)(C)[C@@H]5CC[C@]43C)[C@@H]12. The molecule has 8 nitrogen and oxygen atoms in total. The number of carboxylic acids is 1. The van der Waals surface area contributed by atoms with E-state index in [1.165, 1.54) is 56.8 Å². The van der Waals surface area contributed by atoms with Gasteiger partial charge in [0.05, 0.1) is 17.1 Å². The van der Waals surface area contributed by atoms with Gasteiger partial charge in [-0.05, 0) is 157 Å². The third-order valence-corrected chi connectivity index (χ3v) is 19.1. The van der Waals surface area contributed by atoms with Gasteiger partial charge < -0.3 is 20.1 Å². The van der Waals surface area contributed by atoms with E-state index in [-0.39, 0.29) is 50.9 Å². The van der Waals surface area contributed by atoms with E-state index in [1.807, 2.05) is 0 Å². The van der Waals surface area contributed by atoms with Crippen molar-refractivity contribution in [3.8, 4) is 0 Å². The number of nitrogens with zero attached hydrogens (tertiary/aromatic N) is 1. The number of esters is 1. The molecule has 10 atom stereocenters. The summed E-state index contributed by atoms with van der Waals surface area (Å²) in [6.07, 6.45) is 14.1. The predicted octanol–water partition coefficient (Wildman–Crippen LogP) is 7.91. The lowest BCUT2D eigenvalue weighted by atomic mass is 9.32. The Morgan fingerprint density at radius 1 is 0.885 bits per heavy atom. The molecule has 1 heterocycles. The molecule has 1 unspecified atom stereocenters. The number of sulfone groups is 1. The molecule has 52 heavy (non-hydrogen) atoms. The molecule has 1 saturated heterocycles. The first kappa shape index (κ1) is 40.2. The molecule has 0 aromatic heterocycles. The maximum atomic E-state index is 13.3. The van der Waals surface area contributed by atoms with Crippen molar-refractivity contribution in [2.24, 2.45) is 56.7 Å². The number of carbonyl (C=O) groups is 2. The zero-order valence-electron chi connectivity index (χ0n) is 34.1. The molecule has 296 valence electrons. The van der Waals surface area contributed by atoms with Gasteiger partial charge in [0.1, 0.15) is 15.9 Å². The van der Waals surface area contributed by atoms with E-state index >= 15 is 0 Å². The van der Waals surface area contributed by atoms with Crippen molar-refractivity contribution in [2.75, 3.05) is 32.4 Å². The topological polar surface area (TPSA) is 113 Å². The molecule has 0 bridgehead atoms. The lowest BCUT2D eigenvalue weighted by Gasteiger charge is -2.73. The molecule has 0 aromatic rings. The van der Waals surface area contributed by atoms with Crippen LogP contribution in [-0.2, 0) is 24.2 Å². The highest BCUT2D eigenvalue weighted by Gasteiger charge is 2.71. The van der Waals surface area contributed by atoms with Gasteiger partial charge in [0.2, 0.25) is 0 Å². The van der Waals surface area contributed by atoms with Crippen LogP contribution in [0.4, 0.5) is 0 Å². The lowest BCUT2D eigenvalue weighted by Crippen LogP contribution is -2.69. The molecule has 0 spiro atoms. The van der Waals surface area contributed by atoms with E-state index in [9.17, 15) is 23.1 Å². The minimum atomic E-state index is -2.96. The van der Waals surface area contributed by atoms with Gasteiger partial charge in [-0.25, -0.2) is 8.42 Å². The summed E-state index contributed by atoms with van der Waals surface area (Å²) in [5.74, 6) is 1.47. The monoisotopic (exact) mass is 745 g/mol. The Bertz CT molecular complexity index is 1520. The van der Waals surface area contributed by atoms with Crippen molar-refractivity contribution in [1.29, 1.82) is 0 Å². The molecule has 0 amide bonds. The first-order valence-corrected chi connectivity index (χ1v) is 22.7. The molecule has 6 aliphatic rings. The fourth-order valence-corrected chi connectivity index (χ4v) is 15.5. The van der Waals surface area contributed by atoms with Gasteiger partial charge in [0.15, 0.2) is 0 Å². The number of allylic oxidation sites excluding steroid dienone is 1. The fourth-order valence-electron chi connectivity index (χ4n) is 14.4. The van der Waals surface area contributed by atoms with Crippen LogP contribution in [0.15, 0.2) is 12.2 Å². The van der Waals surface area contributed by atoms with Crippen molar-refractivity contribution in [2.45, 2.75) is 156 Å². The highest BCUT2D eigenvalue weighted by molar-refractivity contribution is 7.91. The third-order valence-electron chi connectivity index (χ3n) is 17.4. The van der Waals surface area contributed by atoms with Crippen LogP contribution in [0.25, 0.3) is 0 Å². The maximum absolute atomic E-state index is 13.3. The van der Waals surface area contributed by atoms with Crippen LogP contribution in [0.1, 0.15) is 139 Å². The van der Waals surface area contributed by atoms with Gasteiger partial charge in [-0.15, -0.1) is 0 Å². The average molecular weight is 745 g/mol. The van der Waals surface area contributed by atoms with Crippen LogP contribution < -0.4 is 5.32 Å². The van der Waals surface area contributed by atoms with Crippen molar-refractivity contribution < 1.29 is 27.9 Å². The summed E-state index contributed by atoms with van der Waals surface area (Å²) in [4.78, 5) is 27.3. The quantitative estimate of drug-likeness (QED) is 0.172. The van der Waals surface area contributed by atoms with E-state index in [2.05, 4.69) is 58.3 Å². The van der Waals surface area contributed by atoms with Gasteiger partial charge in [0.25, 0.3) is 0 Å². The van der Waals surface area contributed by atoms with Gasteiger partial charge in [-0.2, -0.15) is 0 Å². The molecule has 5 saturated carbocycles. The summed E-state index contributed by atoms with van der Waals surface area (Å²) >= 11 is 0. The Kier molecular flexibility index (Phi) is 10.5. The minimum Gasteiger partial charge on any atom is -0.481 e. The number of likely N-dealkylation sites (tertiary alicyclic amines) is 1. The van der Waals surface area contributed by atoms with Crippen LogP contribution in [0.5, 0.6) is 0 Å². The van der Waals surface area contributed by atoms with Crippen molar-refractivity contribution in [3.05, 3.63) is 12.2 Å². The summed E-state index contributed by atoms with van der Waals surface area (Å²) in [5.41, 5.74) is 0.868. The van der Waals surface area contributed by atoms with Crippen molar-refractivity contribution in [1.82, 2.24) is 10.2 Å². The Hall–Kier alpha value is -1.45. The summed E-state index contributed by atoms with van der Waals surface area (Å²) in [7, 11) is -2.96. The number of aliphatic carboxylic acids is 1. The first-order chi connectivity index (χ1) is 24.0. The van der Waals surface area contributed by atoms with E-state index < -0.39 is 21.2 Å². The van der Waals surface area contributed by atoms with Gasteiger partial charge in [-0.3, -0.25) is 9.59 Å². The molecule has 2 N–H and O–H groups in total. The Labute approximate surface area is 316 Å². The van der Waals surface area contributed by atoms with Crippen LogP contribution in [0.2, 0.25) is 0 Å². The highest BCUT2D eigenvalue weighted by atomic mass is 32.2. The molecule has 0 aromatic carbocycles. The number of carboxylic acid groups (broad SMARTS) is 1. The zero-order valence-corrected chi connectivity index (χ0v) is 34.9. The molecular formula is C43H72N2O6S. The van der Waals surface area contributed by atoms with Gasteiger partial charge >= 0.3 is 11.9 Å². The summed E-state index contributed by atoms with van der Waals surface area (Å²) in [6, 6.07) is 0. The number of nitrogens with one attached hydrogen (secondary N) is 1. The smallest absolute Gasteiger partial charge is 0.312 e. The Morgan fingerprint density at radius 3 is 2.17 bits per heavy atom. The van der Waals surface area contributed by atoms with Gasteiger partial charge in [-0.1, -0.05) is 46.8 Å². The Morgan fingerprint density at radius 2 is 1.56 bits per heavy atom. The largest absolute Gasteiger partial charge is 0.481 e. The standard InChI is InChI=1S/C43H72N2O6S/c1-28(2)30-13-20-43(44-23-26-45-24-16-29(17-25-45)52(10,49)50)22-21-41(8)31(36(30)43)11-12-33-40(7)18-15-34(51-37(48)38(3,4)27-35(46)47)39(5,6)32(40)14-19-42(33,41)9/h29-34,36,44H,1,11-27H2,2-10H3,(H,46,47)/t30-,31?,32-,33+,34-,36+,40-,41+,42+,43-/m0/s1. The molecule has 5 aliphatic carbocycles. The average Bonchev–Trinajstić information content (AvgIpc) is 3.42. The van der Waals surface area contributed by atoms with Crippen molar-refractivity contribution >= 4 is 21.8 Å². The number of piperidine rings is 1. The third kappa shape index (κ3) is 6.54. The molecule has 0 radical (unpaired) electrons. The number of hydrogen-bond acceptors (Lipinski definition) is 7. The number of rotatable bonds is 10. The minimum absolute atomic E-state index is 0.140. The Balaban J connectivity index is 1.19. The van der Waals surface area contributed by atoms with Gasteiger partial charge in [0, 0.05) is 30.3 Å². The van der Waals surface area contributed by atoms with Crippen molar-refractivity contribution in [3.63, 3.8) is 0 Å². The number of carbonyl (C=O) groups excluding carboxylic acids is 1. The van der Waals surface area contributed by atoms with Crippen LogP contribution in [0, 0.1) is 56.7 Å². The number of ether oxygens (including phenoxy) is 1. The second-order valence-electron chi connectivity index (χ2n) is 20.8. The summed E-state index contributed by atoms with van der Waals surface area (Å²) in [5, 5.41) is 13.5. The molecule has 1 aliphatic heterocycles. The molecule has 6 fully saturated rings. The zero-order chi connectivity index (χ0) is 38.3. The summed E-state index contributed by atoms with van der Waals surface area (Å²) < 4.78 is 30.5. The van der Waals surface area contributed by atoms with Crippen LogP contribution >= 0.6 is 0 Å². The fraction of sp³-hybridized carbons (Fsp3) is 0.907. The van der Waals surface area contributed by atoms with E-state index in [0.29, 0.717) is 29.6 Å². The predicted molar refractivity (Wildman–Crippen MR) is 207 cm³/mol.